The zero-order valence-corrected chi connectivity index (χ0v) is 19.3. The van der Waals surface area contributed by atoms with Gasteiger partial charge in [0.2, 0.25) is 11.8 Å². The summed E-state index contributed by atoms with van der Waals surface area (Å²) in [6.45, 7) is 2.23. The summed E-state index contributed by atoms with van der Waals surface area (Å²) < 4.78 is 0. The summed E-state index contributed by atoms with van der Waals surface area (Å²) >= 11 is 5.92. The number of carbonyl (C=O) groups is 2. The first kappa shape index (κ1) is 22.7. The maximum atomic E-state index is 12.6. The van der Waals surface area contributed by atoms with Crippen molar-refractivity contribution >= 4 is 53.4 Å². The zero-order valence-electron chi connectivity index (χ0n) is 16.2. The summed E-state index contributed by atoms with van der Waals surface area (Å²) in [5.74, 6) is 0.658. The SMILES string of the molecule is CN(C)C(=O)CN=C(NC1CC1)N1CCN(Cc2ccc(Cl)cc2)C(=O)C1.I. The van der Waals surface area contributed by atoms with E-state index in [0.717, 1.165) is 18.4 Å². The van der Waals surface area contributed by atoms with E-state index in [2.05, 4.69) is 10.3 Å². The number of nitrogens with one attached hydrogen (secondary N) is 1. The fourth-order valence-electron chi connectivity index (χ4n) is 2.80. The average Bonchev–Trinajstić information content (AvgIpc) is 3.46. The number of rotatable bonds is 5. The molecular formula is C19H27ClIN5O2. The second-order valence-corrected chi connectivity index (χ2v) is 7.65. The van der Waals surface area contributed by atoms with Gasteiger partial charge in [0, 0.05) is 44.8 Å². The number of carbonyl (C=O) groups excluding carboxylic acids is 2. The Bertz CT molecular complexity index is 722. The van der Waals surface area contributed by atoms with Crippen LogP contribution >= 0.6 is 35.6 Å². The molecule has 2 amide bonds. The quantitative estimate of drug-likeness (QED) is 0.366. The van der Waals surface area contributed by atoms with Crippen LogP contribution in [0.1, 0.15) is 18.4 Å². The predicted octanol–water partition coefficient (Wildman–Crippen LogP) is 1.80. The van der Waals surface area contributed by atoms with Crippen molar-refractivity contribution in [1.82, 2.24) is 20.0 Å². The number of nitrogens with zero attached hydrogens (tertiary/aromatic N) is 4. The second kappa shape index (κ2) is 10.3. The third kappa shape index (κ3) is 6.51. The molecule has 0 aromatic heterocycles. The van der Waals surface area contributed by atoms with Gasteiger partial charge in [-0.3, -0.25) is 9.59 Å². The first-order valence-corrected chi connectivity index (χ1v) is 9.58. The van der Waals surface area contributed by atoms with Crippen molar-refractivity contribution in [3.05, 3.63) is 34.9 Å². The van der Waals surface area contributed by atoms with Crippen LogP contribution in [0, 0.1) is 0 Å². The van der Waals surface area contributed by atoms with Gasteiger partial charge in [-0.05, 0) is 30.5 Å². The van der Waals surface area contributed by atoms with Crippen molar-refractivity contribution in [2.24, 2.45) is 4.99 Å². The van der Waals surface area contributed by atoms with E-state index < -0.39 is 0 Å². The summed E-state index contributed by atoms with van der Waals surface area (Å²) in [5.41, 5.74) is 1.06. The van der Waals surface area contributed by atoms with Crippen LogP contribution in [0.15, 0.2) is 29.3 Å². The third-order valence-electron chi connectivity index (χ3n) is 4.68. The summed E-state index contributed by atoms with van der Waals surface area (Å²) in [4.78, 5) is 34.3. The number of halogens is 2. The van der Waals surface area contributed by atoms with Crippen LogP contribution < -0.4 is 5.32 Å². The van der Waals surface area contributed by atoms with Crippen LogP contribution in [0.4, 0.5) is 0 Å². The fourth-order valence-corrected chi connectivity index (χ4v) is 2.92. The topological polar surface area (TPSA) is 68.2 Å². The number of aliphatic imine (C=N–C) groups is 1. The fraction of sp³-hybridized carbons (Fsp3) is 0.526. The number of guanidine groups is 1. The van der Waals surface area contributed by atoms with Gasteiger partial charge in [0.1, 0.15) is 6.54 Å². The molecule has 1 aromatic rings. The Morgan fingerprint density at radius 2 is 1.93 bits per heavy atom. The molecule has 3 rings (SSSR count). The lowest BCUT2D eigenvalue weighted by Gasteiger charge is -2.36. The summed E-state index contributed by atoms with van der Waals surface area (Å²) in [6, 6.07) is 7.96. The molecule has 154 valence electrons. The highest BCUT2D eigenvalue weighted by Crippen LogP contribution is 2.20. The van der Waals surface area contributed by atoms with Gasteiger partial charge >= 0.3 is 0 Å². The van der Waals surface area contributed by atoms with Crippen molar-refractivity contribution in [1.29, 1.82) is 0 Å². The van der Waals surface area contributed by atoms with Crippen LogP contribution in [-0.4, -0.2) is 78.8 Å². The number of likely N-dealkylation sites (N-methyl/N-ethyl adjacent to an activating group) is 1. The van der Waals surface area contributed by atoms with E-state index in [1.165, 1.54) is 4.90 Å². The Hall–Kier alpha value is -1.55. The standard InChI is InChI=1S/C19H26ClN5O2.HI/c1-23(2)17(26)11-21-19(22-16-7-8-16)25-10-9-24(18(27)13-25)12-14-3-5-15(20)6-4-14;/h3-6,16H,7-13H2,1-2H3,(H,21,22);1H. The van der Waals surface area contributed by atoms with Crippen LogP contribution in [0.25, 0.3) is 0 Å². The van der Waals surface area contributed by atoms with Crippen molar-refractivity contribution < 1.29 is 9.59 Å². The zero-order chi connectivity index (χ0) is 19.4. The van der Waals surface area contributed by atoms with Crippen molar-refractivity contribution in [3.63, 3.8) is 0 Å². The van der Waals surface area contributed by atoms with Crippen LogP contribution in [-0.2, 0) is 16.1 Å². The highest BCUT2D eigenvalue weighted by Gasteiger charge is 2.30. The van der Waals surface area contributed by atoms with E-state index in [9.17, 15) is 9.59 Å². The molecule has 9 heteroatoms. The molecule has 1 saturated carbocycles. The van der Waals surface area contributed by atoms with E-state index >= 15 is 0 Å². The maximum absolute atomic E-state index is 12.6. The van der Waals surface area contributed by atoms with Crippen molar-refractivity contribution in [3.8, 4) is 0 Å². The lowest BCUT2D eigenvalue weighted by molar-refractivity contribution is -0.135. The molecule has 0 spiro atoms. The summed E-state index contributed by atoms with van der Waals surface area (Å²) in [6.07, 6.45) is 2.20. The number of piperazine rings is 1. The second-order valence-electron chi connectivity index (χ2n) is 7.21. The molecule has 1 aromatic carbocycles. The molecule has 0 bridgehead atoms. The molecule has 2 aliphatic rings. The average molecular weight is 520 g/mol. The molecule has 1 heterocycles. The molecule has 1 saturated heterocycles. The first-order chi connectivity index (χ1) is 12.9. The van der Waals surface area contributed by atoms with E-state index in [1.807, 2.05) is 34.1 Å². The van der Waals surface area contributed by atoms with Crippen molar-refractivity contribution in [2.75, 3.05) is 40.3 Å². The largest absolute Gasteiger partial charge is 0.353 e. The van der Waals surface area contributed by atoms with E-state index in [1.54, 1.807) is 14.1 Å². The van der Waals surface area contributed by atoms with Gasteiger partial charge in [-0.25, -0.2) is 4.99 Å². The Balaban J connectivity index is 0.00000280. The molecular weight excluding hydrogens is 493 g/mol. The number of hydrogen-bond acceptors (Lipinski definition) is 3. The normalized spacial score (nSPS) is 17.2. The predicted molar refractivity (Wildman–Crippen MR) is 121 cm³/mol. The van der Waals surface area contributed by atoms with Gasteiger partial charge in [0.15, 0.2) is 5.96 Å². The number of benzene rings is 1. The van der Waals surface area contributed by atoms with Gasteiger partial charge in [-0.2, -0.15) is 0 Å². The minimum Gasteiger partial charge on any atom is -0.353 e. The van der Waals surface area contributed by atoms with E-state index in [0.29, 0.717) is 36.7 Å². The van der Waals surface area contributed by atoms with Crippen LogP contribution in [0.2, 0.25) is 5.02 Å². The molecule has 1 aliphatic heterocycles. The molecule has 0 atom stereocenters. The Kier molecular flexibility index (Phi) is 8.36. The molecule has 7 nitrogen and oxygen atoms in total. The highest BCUT2D eigenvalue weighted by atomic mass is 127. The van der Waals surface area contributed by atoms with Crippen molar-refractivity contribution in [2.45, 2.75) is 25.4 Å². The molecule has 2 fully saturated rings. The molecule has 1 N–H and O–H groups in total. The van der Waals surface area contributed by atoms with Gasteiger partial charge in [-0.15, -0.1) is 24.0 Å². The van der Waals surface area contributed by atoms with Gasteiger partial charge in [0.05, 0.1) is 6.54 Å². The lowest BCUT2D eigenvalue weighted by atomic mass is 10.2. The molecule has 28 heavy (non-hydrogen) atoms. The smallest absolute Gasteiger partial charge is 0.243 e. The van der Waals surface area contributed by atoms with Crippen LogP contribution in [0.5, 0.6) is 0 Å². The summed E-state index contributed by atoms with van der Waals surface area (Å²) in [5, 5.41) is 4.06. The highest BCUT2D eigenvalue weighted by molar-refractivity contribution is 14.0. The van der Waals surface area contributed by atoms with Crippen LogP contribution in [0.3, 0.4) is 0 Å². The molecule has 0 radical (unpaired) electrons. The van der Waals surface area contributed by atoms with Gasteiger partial charge in [0.25, 0.3) is 0 Å². The van der Waals surface area contributed by atoms with E-state index in [4.69, 9.17) is 11.6 Å². The third-order valence-corrected chi connectivity index (χ3v) is 4.93. The maximum Gasteiger partial charge on any atom is 0.243 e. The van der Waals surface area contributed by atoms with E-state index in [-0.39, 0.29) is 48.9 Å². The first-order valence-electron chi connectivity index (χ1n) is 9.20. The lowest BCUT2D eigenvalue weighted by Crippen LogP contribution is -2.55. The Morgan fingerprint density at radius 1 is 1.25 bits per heavy atom. The molecule has 0 unspecified atom stereocenters. The summed E-state index contributed by atoms with van der Waals surface area (Å²) in [7, 11) is 3.43. The molecule has 1 aliphatic carbocycles. The number of hydrogen-bond donors (Lipinski definition) is 1. The minimum absolute atomic E-state index is 0. The number of amides is 2. The monoisotopic (exact) mass is 519 g/mol. The Morgan fingerprint density at radius 3 is 2.50 bits per heavy atom. The van der Waals surface area contributed by atoms with Gasteiger partial charge < -0.3 is 20.0 Å². The minimum atomic E-state index is -0.0576. The van der Waals surface area contributed by atoms with Gasteiger partial charge in [-0.1, -0.05) is 23.7 Å². The Labute approximate surface area is 188 Å².